The third-order valence-electron chi connectivity index (χ3n) is 8.08. The van der Waals surface area contributed by atoms with E-state index in [9.17, 15) is 14.7 Å². The summed E-state index contributed by atoms with van der Waals surface area (Å²) in [5, 5.41) is 9.37. The van der Waals surface area contributed by atoms with E-state index in [0.29, 0.717) is 37.1 Å². The number of rotatable bonds is 10. The average molecular weight is 591 g/mol. The van der Waals surface area contributed by atoms with Crippen LogP contribution in [0.25, 0.3) is 22.3 Å². The van der Waals surface area contributed by atoms with E-state index in [-0.39, 0.29) is 12.3 Å². The Kier molecular flexibility index (Phi) is 8.29. The van der Waals surface area contributed by atoms with Crippen molar-refractivity contribution < 1.29 is 19.4 Å². The van der Waals surface area contributed by atoms with Crippen molar-refractivity contribution in [3.05, 3.63) is 124 Å². The summed E-state index contributed by atoms with van der Waals surface area (Å²) in [5.74, 6) is -0.135. The molecule has 1 aliphatic rings. The zero-order valence-corrected chi connectivity index (χ0v) is 24.7. The largest absolute Gasteiger partial charge is 0.480 e. The number of aryl methyl sites for hydroxylation is 1. The van der Waals surface area contributed by atoms with Gasteiger partial charge in [0.1, 0.15) is 24.9 Å². The summed E-state index contributed by atoms with van der Waals surface area (Å²) in [6, 6.07) is 28.7. The van der Waals surface area contributed by atoms with E-state index >= 15 is 0 Å². The number of imidazole rings is 1. The van der Waals surface area contributed by atoms with Crippen LogP contribution in [0.4, 0.5) is 0 Å². The second kappa shape index (κ2) is 12.6. The van der Waals surface area contributed by atoms with Crippen molar-refractivity contribution in [2.45, 2.75) is 32.6 Å². The first kappa shape index (κ1) is 28.9. The van der Waals surface area contributed by atoms with Gasteiger partial charge in [0.2, 0.25) is 11.8 Å². The molecule has 0 saturated heterocycles. The number of nitrogens with zero attached hydrogens (tertiary/aromatic N) is 4. The molecule has 5 aromatic rings. The molecule has 0 radical (unpaired) electrons. The molecule has 9 nitrogen and oxygen atoms in total. The number of fused-ring (bicyclic) bond motifs is 1. The van der Waals surface area contributed by atoms with Crippen molar-refractivity contribution in [3.63, 3.8) is 0 Å². The van der Waals surface area contributed by atoms with E-state index in [1.54, 1.807) is 29.2 Å². The van der Waals surface area contributed by atoms with Crippen LogP contribution >= 0.6 is 0 Å². The molecule has 0 spiro atoms. The molecule has 9 heteroatoms. The zero-order chi connectivity index (χ0) is 30.6. The van der Waals surface area contributed by atoms with Gasteiger partial charge in [0.05, 0.1) is 11.0 Å². The number of hydrogen-bond acceptors (Lipinski definition) is 6. The van der Waals surface area contributed by atoms with Crippen LogP contribution in [0.1, 0.15) is 30.0 Å². The van der Waals surface area contributed by atoms with E-state index in [4.69, 9.17) is 14.5 Å². The molecule has 3 aromatic carbocycles. The minimum absolute atomic E-state index is 0.222. The van der Waals surface area contributed by atoms with Gasteiger partial charge < -0.3 is 14.6 Å². The number of benzene rings is 3. The standard InChI is InChI=1S/C35H34N4O5/c1-24(34(40)41)38-19-17-27(18-20-38)28-13-14-29-31(21-28)37(2)35(42)39(29)30-15-16-32(43-22-25-9-5-3-6-10-25)36-33(30)44-23-26-11-7-4-8-12-26/h3-17,21,24H,18-20,22-23H2,1-2H3,(H,40,41). The molecule has 0 fully saturated rings. The summed E-state index contributed by atoms with van der Waals surface area (Å²) in [6.07, 6.45) is 2.80. The van der Waals surface area contributed by atoms with Crippen LogP contribution in [-0.2, 0) is 25.1 Å². The Morgan fingerprint density at radius 1 is 0.909 bits per heavy atom. The predicted octanol–water partition coefficient (Wildman–Crippen LogP) is 5.44. The number of pyridine rings is 1. The van der Waals surface area contributed by atoms with E-state index in [2.05, 4.69) is 6.08 Å². The summed E-state index contributed by atoms with van der Waals surface area (Å²) in [7, 11) is 1.76. The molecule has 0 aliphatic carbocycles. The fourth-order valence-corrected chi connectivity index (χ4v) is 5.46. The number of hydrogen-bond donors (Lipinski definition) is 1. The third kappa shape index (κ3) is 6.00. The summed E-state index contributed by atoms with van der Waals surface area (Å²) in [4.78, 5) is 31.8. The normalized spacial score (nSPS) is 14.3. The van der Waals surface area contributed by atoms with Gasteiger partial charge in [0, 0.05) is 26.2 Å². The minimum atomic E-state index is -0.822. The topological polar surface area (TPSA) is 98.8 Å². The highest BCUT2D eigenvalue weighted by molar-refractivity contribution is 5.83. The maximum Gasteiger partial charge on any atom is 0.333 e. The Labute approximate surface area is 255 Å². The highest BCUT2D eigenvalue weighted by atomic mass is 16.5. The van der Waals surface area contributed by atoms with E-state index < -0.39 is 12.0 Å². The molecule has 0 amide bonds. The second-order valence-corrected chi connectivity index (χ2v) is 10.9. The number of carboxylic acids is 1. The fourth-order valence-electron chi connectivity index (χ4n) is 5.46. The first-order valence-electron chi connectivity index (χ1n) is 14.6. The zero-order valence-electron chi connectivity index (χ0n) is 24.7. The molecule has 224 valence electrons. The Bertz CT molecular complexity index is 1880. The quantitative estimate of drug-likeness (QED) is 0.231. The molecule has 1 aliphatic heterocycles. The Hall–Kier alpha value is -5.15. The van der Waals surface area contributed by atoms with Gasteiger partial charge in [-0.2, -0.15) is 4.98 Å². The number of carbonyl (C=O) groups is 1. The highest BCUT2D eigenvalue weighted by Crippen LogP contribution is 2.30. The predicted molar refractivity (Wildman–Crippen MR) is 169 cm³/mol. The van der Waals surface area contributed by atoms with Gasteiger partial charge in [-0.3, -0.25) is 18.8 Å². The third-order valence-corrected chi connectivity index (χ3v) is 8.08. The lowest BCUT2D eigenvalue weighted by molar-refractivity contribution is -0.142. The van der Waals surface area contributed by atoms with Crippen molar-refractivity contribution in [3.8, 4) is 17.4 Å². The summed E-state index contributed by atoms with van der Waals surface area (Å²) in [6.45, 7) is 3.56. The molecule has 1 atom stereocenters. The van der Waals surface area contributed by atoms with Crippen LogP contribution in [-0.4, -0.2) is 49.2 Å². The molecular formula is C35H34N4O5. The molecule has 1 unspecified atom stereocenters. The monoisotopic (exact) mass is 590 g/mol. The number of ether oxygens (including phenoxy) is 2. The van der Waals surface area contributed by atoms with Crippen LogP contribution in [0.3, 0.4) is 0 Å². The Morgan fingerprint density at radius 2 is 1.59 bits per heavy atom. The minimum Gasteiger partial charge on any atom is -0.480 e. The molecule has 1 N–H and O–H groups in total. The van der Waals surface area contributed by atoms with Gasteiger partial charge in [-0.1, -0.05) is 72.8 Å². The van der Waals surface area contributed by atoms with Gasteiger partial charge >= 0.3 is 11.7 Å². The molecule has 2 aromatic heterocycles. The first-order chi connectivity index (χ1) is 21.4. The van der Waals surface area contributed by atoms with Crippen LogP contribution in [0.15, 0.2) is 102 Å². The average Bonchev–Trinajstić information content (AvgIpc) is 3.31. The lowest BCUT2D eigenvalue weighted by atomic mass is 9.98. The summed E-state index contributed by atoms with van der Waals surface area (Å²) >= 11 is 0. The van der Waals surface area contributed by atoms with E-state index in [0.717, 1.165) is 39.7 Å². The van der Waals surface area contributed by atoms with Crippen LogP contribution in [0.2, 0.25) is 0 Å². The van der Waals surface area contributed by atoms with Crippen LogP contribution in [0, 0.1) is 0 Å². The molecule has 0 saturated carbocycles. The van der Waals surface area contributed by atoms with Gasteiger partial charge in [-0.05, 0) is 53.8 Å². The number of aliphatic carboxylic acids is 1. The van der Waals surface area contributed by atoms with Crippen molar-refractivity contribution in [1.82, 2.24) is 19.0 Å². The highest BCUT2D eigenvalue weighted by Gasteiger charge is 2.24. The number of carboxylic acid groups (broad SMARTS) is 1. The Morgan fingerprint density at radius 3 is 2.23 bits per heavy atom. The van der Waals surface area contributed by atoms with Gasteiger partial charge in [0.15, 0.2) is 0 Å². The SMILES string of the molecule is CC(C(=O)O)N1CC=C(c2ccc3c(c2)n(C)c(=O)n3-c2ccc(OCc3ccccc3)nc2OCc2ccccc2)CC1. The van der Waals surface area contributed by atoms with Crippen molar-refractivity contribution in [1.29, 1.82) is 0 Å². The summed E-state index contributed by atoms with van der Waals surface area (Å²) < 4.78 is 15.5. The second-order valence-electron chi connectivity index (χ2n) is 10.9. The smallest absolute Gasteiger partial charge is 0.333 e. The summed E-state index contributed by atoms with van der Waals surface area (Å²) in [5.41, 5.74) is 5.93. The molecule has 44 heavy (non-hydrogen) atoms. The lowest BCUT2D eigenvalue weighted by Crippen LogP contribution is -2.41. The van der Waals surface area contributed by atoms with Crippen molar-refractivity contribution in [2.24, 2.45) is 7.05 Å². The Balaban J connectivity index is 1.34. The van der Waals surface area contributed by atoms with Crippen molar-refractivity contribution in [2.75, 3.05) is 13.1 Å². The molecule has 6 rings (SSSR count). The first-order valence-corrected chi connectivity index (χ1v) is 14.6. The van der Waals surface area contributed by atoms with E-state index in [1.165, 1.54) is 0 Å². The maximum atomic E-state index is 13.7. The molecule has 0 bridgehead atoms. The van der Waals surface area contributed by atoms with Gasteiger partial charge in [-0.15, -0.1) is 0 Å². The maximum absolute atomic E-state index is 13.7. The number of aromatic nitrogens is 3. The fraction of sp³-hybridized carbons (Fsp3) is 0.229. The van der Waals surface area contributed by atoms with Crippen molar-refractivity contribution >= 4 is 22.6 Å². The van der Waals surface area contributed by atoms with Gasteiger partial charge in [-0.25, -0.2) is 4.79 Å². The van der Waals surface area contributed by atoms with E-state index in [1.807, 2.05) is 89.8 Å². The van der Waals surface area contributed by atoms with Crippen LogP contribution < -0.4 is 15.2 Å². The lowest BCUT2D eigenvalue weighted by Gasteiger charge is -2.29. The van der Waals surface area contributed by atoms with Gasteiger partial charge in [0.25, 0.3) is 0 Å². The molecule has 3 heterocycles. The van der Waals surface area contributed by atoms with Crippen LogP contribution in [0.5, 0.6) is 11.8 Å². The molecular weight excluding hydrogens is 556 g/mol.